The van der Waals surface area contributed by atoms with Crippen molar-refractivity contribution in [3.63, 3.8) is 0 Å². The highest BCUT2D eigenvalue weighted by Gasteiger charge is 2.61. The zero-order valence-electron chi connectivity index (χ0n) is 14.8. The molecule has 6 nitrogen and oxygen atoms in total. The number of hydrogen-bond acceptors (Lipinski definition) is 6. The first-order valence-corrected chi connectivity index (χ1v) is 8.80. The van der Waals surface area contributed by atoms with E-state index in [0.717, 1.165) is 5.57 Å². The van der Waals surface area contributed by atoms with Gasteiger partial charge in [-0.25, -0.2) is 9.59 Å². The Morgan fingerprint density at radius 1 is 1.46 bits per heavy atom. The van der Waals surface area contributed by atoms with Gasteiger partial charge in [-0.1, -0.05) is 25.2 Å². The molecule has 0 bridgehead atoms. The SMILES string of the molecule is C=C1C(=O)OC2C1C(OC(=O)c1ccoc1)CC1(C)C(O)CC=C(C)C21. The first-order chi connectivity index (χ1) is 12.3. The number of carbonyl (C=O) groups is 2. The van der Waals surface area contributed by atoms with E-state index in [1.54, 1.807) is 0 Å². The molecule has 1 aromatic heterocycles. The Kier molecular flexibility index (Phi) is 3.84. The summed E-state index contributed by atoms with van der Waals surface area (Å²) in [4.78, 5) is 24.7. The van der Waals surface area contributed by atoms with Gasteiger partial charge in [-0.2, -0.15) is 0 Å². The summed E-state index contributed by atoms with van der Waals surface area (Å²) in [6.07, 6.45) is 4.02. The zero-order valence-corrected chi connectivity index (χ0v) is 14.8. The summed E-state index contributed by atoms with van der Waals surface area (Å²) in [5.41, 5.74) is 1.18. The molecule has 6 atom stereocenters. The van der Waals surface area contributed by atoms with Crippen molar-refractivity contribution in [2.45, 2.75) is 45.0 Å². The van der Waals surface area contributed by atoms with Crippen LogP contribution in [0.25, 0.3) is 0 Å². The van der Waals surface area contributed by atoms with Crippen LogP contribution in [0.3, 0.4) is 0 Å². The highest BCUT2D eigenvalue weighted by atomic mass is 16.6. The summed E-state index contributed by atoms with van der Waals surface area (Å²) < 4.78 is 16.3. The molecule has 26 heavy (non-hydrogen) atoms. The number of rotatable bonds is 2. The first kappa shape index (κ1) is 17.1. The van der Waals surface area contributed by atoms with Crippen LogP contribution in [-0.2, 0) is 14.3 Å². The summed E-state index contributed by atoms with van der Waals surface area (Å²) in [7, 11) is 0. The van der Waals surface area contributed by atoms with Gasteiger partial charge >= 0.3 is 11.9 Å². The number of fused-ring (bicyclic) bond motifs is 3. The van der Waals surface area contributed by atoms with Crippen LogP contribution in [0.1, 0.15) is 37.0 Å². The maximum Gasteiger partial charge on any atom is 0.341 e. The fourth-order valence-corrected chi connectivity index (χ4v) is 4.90. The minimum absolute atomic E-state index is 0.122. The Hall–Kier alpha value is -2.34. The predicted molar refractivity (Wildman–Crippen MR) is 91.0 cm³/mol. The van der Waals surface area contributed by atoms with Gasteiger partial charge in [0.25, 0.3) is 0 Å². The Balaban J connectivity index is 1.71. The lowest BCUT2D eigenvalue weighted by atomic mass is 9.54. The van der Waals surface area contributed by atoms with Crippen molar-refractivity contribution < 1.29 is 28.6 Å². The van der Waals surface area contributed by atoms with E-state index in [4.69, 9.17) is 13.9 Å². The van der Waals surface area contributed by atoms with Gasteiger partial charge in [0.1, 0.15) is 18.5 Å². The van der Waals surface area contributed by atoms with Gasteiger partial charge < -0.3 is 19.0 Å². The van der Waals surface area contributed by atoms with Crippen LogP contribution < -0.4 is 0 Å². The molecule has 0 radical (unpaired) electrons. The minimum atomic E-state index is -0.597. The first-order valence-electron chi connectivity index (χ1n) is 8.80. The van der Waals surface area contributed by atoms with Crippen LogP contribution in [0, 0.1) is 17.3 Å². The summed E-state index contributed by atoms with van der Waals surface area (Å²) in [6, 6.07) is 1.53. The van der Waals surface area contributed by atoms with Crippen molar-refractivity contribution in [3.05, 3.63) is 48.0 Å². The highest BCUT2D eigenvalue weighted by molar-refractivity contribution is 5.92. The van der Waals surface area contributed by atoms with Gasteiger partial charge in [0.05, 0.1) is 23.8 Å². The molecular weight excluding hydrogens is 336 g/mol. The number of ether oxygens (including phenoxy) is 2. The van der Waals surface area contributed by atoms with Crippen molar-refractivity contribution in [3.8, 4) is 0 Å². The van der Waals surface area contributed by atoms with Gasteiger partial charge in [-0.15, -0.1) is 0 Å². The van der Waals surface area contributed by atoms with E-state index in [1.165, 1.54) is 18.6 Å². The van der Waals surface area contributed by atoms with E-state index in [-0.39, 0.29) is 5.92 Å². The molecule has 1 saturated carbocycles. The van der Waals surface area contributed by atoms with Gasteiger partial charge in [0.2, 0.25) is 0 Å². The molecule has 2 fully saturated rings. The smallest absolute Gasteiger partial charge is 0.341 e. The van der Waals surface area contributed by atoms with Crippen LogP contribution in [-0.4, -0.2) is 35.4 Å². The molecule has 0 spiro atoms. The topological polar surface area (TPSA) is 86.0 Å². The van der Waals surface area contributed by atoms with E-state index in [0.29, 0.717) is 24.0 Å². The van der Waals surface area contributed by atoms with Crippen LogP contribution >= 0.6 is 0 Å². The minimum Gasteiger partial charge on any atom is -0.472 e. The summed E-state index contributed by atoms with van der Waals surface area (Å²) in [6.45, 7) is 7.85. The number of carbonyl (C=O) groups excluding carboxylic acids is 2. The number of aliphatic hydroxyl groups excluding tert-OH is 1. The standard InChI is InChI=1S/C20H22O6/c1-10-4-5-14(21)20(3)8-13(25-19(23)12-6-7-24-9-12)15-11(2)18(22)26-17(15)16(10)20/h4,6-7,9,13-17,21H,2,5,8H2,1,3H3. The molecule has 1 N–H and O–H groups in total. The van der Waals surface area contributed by atoms with Gasteiger partial charge in [0.15, 0.2) is 0 Å². The van der Waals surface area contributed by atoms with Crippen molar-refractivity contribution in [1.82, 2.24) is 0 Å². The third-order valence-corrected chi connectivity index (χ3v) is 6.27. The average molecular weight is 358 g/mol. The Labute approximate surface area is 151 Å². The summed E-state index contributed by atoms with van der Waals surface area (Å²) >= 11 is 0. The van der Waals surface area contributed by atoms with Crippen LogP contribution in [0.15, 0.2) is 46.8 Å². The second-order valence-corrected chi connectivity index (χ2v) is 7.76. The third kappa shape index (κ3) is 2.35. The van der Waals surface area contributed by atoms with Gasteiger partial charge in [-0.3, -0.25) is 0 Å². The molecule has 4 rings (SSSR count). The van der Waals surface area contributed by atoms with Crippen LogP contribution in [0.2, 0.25) is 0 Å². The summed E-state index contributed by atoms with van der Waals surface area (Å²) in [5, 5.41) is 10.7. The van der Waals surface area contributed by atoms with Crippen molar-refractivity contribution in [2.75, 3.05) is 0 Å². The molecule has 1 aliphatic heterocycles. The molecule has 1 aromatic rings. The van der Waals surface area contributed by atoms with E-state index < -0.39 is 41.6 Å². The highest BCUT2D eigenvalue weighted by Crippen LogP contribution is 2.56. The zero-order chi connectivity index (χ0) is 18.6. The van der Waals surface area contributed by atoms with E-state index >= 15 is 0 Å². The number of furan rings is 1. The second-order valence-electron chi connectivity index (χ2n) is 7.76. The normalized spacial score (nSPS) is 38.9. The lowest BCUT2D eigenvalue weighted by Crippen LogP contribution is -2.57. The van der Waals surface area contributed by atoms with Crippen molar-refractivity contribution in [2.24, 2.45) is 17.3 Å². The fraction of sp³-hybridized carbons (Fsp3) is 0.500. The molecule has 3 aliphatic rings. The third-order valence-electron chi connectivity index (χ3n) is 6.27. The predicted octanol–water partition coefficient (Wildman–Crippen LogP) is 2.64. The molecular formula is C20H22O6. The molecule has 6 unspecified atom stereocenters. The fourth-order valence-electron chi connectivity index (χ4n) is 4.90. The van der Waals surface area contributed by atoms with E-state index in [9.17, 15) is 14.7 Å². The molecule has 0 amide bonds. The van der Waals surface area contributed by atoms with Gasteiger partial charge in [-0.05, 0) is 25.8 Å². The lowest BCUT2D eigenvalue weighted by Gasteiger charge is -2.53. The Morgan fingerprint density at radius 2 is 2.23 bits per heavy atom. The molecule has 2 heterocycles. The van der Waals surface area contributed by atoms with Gasteiger partial charge in [0, 0.05) is 16.9 Å². The largest absolute Gasteiger partial charge is 0.472 e. The number of hydrogen-bond donors (Lipinski definition) is 1. The monoisotopic (exact) mass is 358 g/mol. The van der Waals surface area contributed by atoms with Crippen molar-refractivity contribution >= 4 is 11.9 Å². The second kappa shape index (κ2) is 5.84. The van der Waals surface area contributed by atoms with Crippen molar-refractivity contribution in [1.29, 1.82) is 0 Å². The number of esters is 2. The average Bonchev–Trinajstić information content (AvgIpc) is 3.21. The molecule has 1 saturated heterocycles. The maximum atomic E-state index is 12.4. The number of aliphatic hydroxyl groups is 1. The Morgan fingerprint density at radius 3 is 2.92 bits per heavy atom. The van der Waals surface area contributed by atoms with E-state index in [1.807, 2.05) is 19.9 Å². The molecule has 0 aromatic carbocycles. The molecule has 2 aliphatic carbocycles. The molecule has 138 valence electrons. The van der Waals surface area contributed by atoms with Crippen LogP contribution in [0.5, 0.6) is 0 Å². The van der Waals surface area contributed by atoms with E-state index in [2.05, 4.69) is 6.58 Å². The Bertz CT molecular complexity index is 791. The summed E-state index contributed by atoms with van der Waals surface area (Å²) in [5.74, 6) is -1.51. The lowest BCUT2D eigenvalue weighted by molar-refractivity contribution is -0.158. The van der Waals surface area contributed by atoms with Crippen LogP contribution in [0.4, 0.5) is 0 Å². The maximum absolute atomic E-state index is 12.4. The molecule has 6 heteroatoms. The quantitative estimate of drug-likeness (QED) is 0.497.